The molecule has 0 fully saturated rings. The van der Waals surface area contributed by atoms with Crippen LogP contribution >= 0.6 is 23.2 Å². The van der Waals surface area contributed by atoms with E-state index in [4.69, 9.17) is 38.4 Å². The zero-order valence-electron chi connectivity index (χ0n) is 8.51. The first-order valence-corrected chi connectivity index (χ1v) is 5.02. The largest absolute Gasteiger partial charge is 0.467 e. The van der Waals surface area contributed by atoms with Crippen LogP contribution in [0.5, 0.6) is 5.75 Å². The molecule has 0 spiro atoms. The molecule has 0 aliphatic carbocycles. The van der Waals surface area contributed by atoms with Gasteiger partial charge in [-0.3, -0.25) is 0 Å². The lowest BCUT2D eigenvalue weighted by atomic mass is 10.1. The highest BCUT2D eigenvalue weighted by atomic mass is 35.5. The molecule has 0 aliphatic rings. The van der Waals surface area contributed by atoms with Gasteiger partial charge in [0.2, 0.25) is 0 Å². The molecule has 5 heteroatoms. The summed E-state index contributed by atoms with van der Waals surface area (Å²) in [5.41, 5.74) is 6.32. The van der Waals surface area contributed by atoms with E-state index in [0.717, 1.165) is 0 Å². The van der Waals surface area contributed by atoms with Crippen molar-refractivity contribution >= 4 is 23.2 Å². The van der Waals surface area contributed by atoms with E-state index >= 15 is 0 Å². The summed E-state index contributed by atoms with van der Waals surface area (Å²) < 4.78 is 10.1. The molecular formula is C10H12Cl2NO2. The zero-order valence-corrected chi connectivity index (χ0v) is 10.0. The van der Waals surface area contributed by atoms with Crippen molar-refractivity contribution in [3.05, 3.63) is 33.8 Å². The predicted octanol–water partition coefficient (Wildman–Crippen LogP) is 2.83. The molecule has 0 heterocycles. The van der Waals surface area contributed by atoms with E-state index in [2.05, 4.69) is 0 Å². The van der Waals surface area contributed by atoms with E-state index < -0.39 is 0 Å². The topological polar surface area (TPSA) is 44.5 Å². The molecule has 2 N–H and O–H groups in total. The van der Waals surface area contributed by atoms with E-state index in [1.807, 2.05) is 0 Å². The van der Waals surface area contributed by atoms with Crippen LogP contribution in [0, 0.1) is 6.04 Å². The predicted molar refractivity (Wildman–Crippen MR) is 61.2 cm³/mol. The van der Waals surface area contributed by atoms with Gasteiger partial charge in [0.05, 0.1) is 16.1 Å². The summed E-state index contributed by atoms with van der Waals surface area (Å²) in [5, 5.41) is 0.839. The number of hydrogen-bond donors (Lipinski definition) is 1. The Balaban J connectivity index is 3.09. The monoisotopic (exact) mass is 248 g/mol. The highest BCUT2D eigenvalue weighted by molar-refractivity contribution is 6.42. The van der Waals surface area contributed by atoms with Crippen molar-refractivity contribution < 1.29 is 9.47 Å². The summed E-state index contributed by atoms with van der Waals surface area (Å²) in [4.78, 5) is 0. The van der Waals surface area contributed by atoms with Gasteiger partial charge in [-0.25, -0.2) is 0 Å². The minimum absolute atomic E-state index is 0.137. The van der Waals surface area contributed by atoms with Crippen LogP contribution in [0.2, 0.25) is 10.0 Å². The van der Waals surface area contributed by atoms with Gasteiger partial charge in [0.1, 0.15) is 5.75 Å². The number of methoxy groups -OCH3 is 1. The van der Waals surface area contributed by atoms with Crippen molar-refractivity contribution in [2.24, 2.45) is 5.73 Å². The van der Waals surface area contributed by atoms with Gasteiger partial charge in [0.15, 0.2) is 6.79 Å². The lowest BCUT2D eigenvalue weighted by Gasteiger charge is -2.15. The van der Waals surface area contributed by atoms with Crippen LogP contribution in [0.1, 0.15) is 12.5 Å². The van der Waals surface area contributed by atoms with Gasteiger partial charge in [-0.2, -0.15) is 0 Å². The van der Waals surface area contributed by atoms with Gasteiger partial charge in [0, 0.05) is 12.7 Å². The van der Waals surface area contributed by atoms with Gasteiger partial charge in [0.25, 0.3) is 0 Å². The Labute approximate surface area is 99.1 Å². The fourth-order valence-electron chi connectivity index (χ4n) is 1.14. The first-order chi connectivity index (χ1) is 7.07. The fraction of sp³-hybridized carbons (Fsp3) is 0.300. The second-order valence-electron chi connectivity index (χ2n) is 2.97. The van der Waals surface area contributed by atoms with Gasteiger partial charge >= 0.3 is 0 Å². The molecule has 0 bridgehead atoms. The lowest BCUT2D eigenvalue weighted by Crippen LogP contribution is -2.11. The molecule has 0 amide bonds. The molecular weight excluding hydrogens is 237 g/mol. The molecule has 1 rings (SSSR count). The van der Waals surface area contributed by atoms with Crippen LogP contribution in [0.4, 0.5) is 0 Å². The number of halogens is 2. The van der Waals surface area contributed by atoms with Crippen molar-refractivity contribution in [1.29, 1.82) is 0 Å². The number of rotatable bonds is 4. The van der Waals surface area contributed by atoms with E-state index in [9.17, 15) is 0 Å². The average Bonchev–Trinajstić information content (AvgIpc) is 2.19. The summed E-state index contributed by atoms with van der Waals surface area (Å²) in [6, 6.07) is 3.91. The van der Waals surface area contributed by atoms with Gasteiger partial charge in [-0.15, -0.1) is 0 Å². The minimum atomic E-state index is 0.137. The maximum Gasteiger partial charge on any atom is 0.188 e. The standard InChI is InChI=1S/C10H12Cl2NO2/c1-6(13)9-8(15-5-14-2)4-3-7(11)10(9)12/h3-4H,5,13H2,1-2H3. The molecule has 3 nitrogen and oxygen atoms in total. The summed E-state index contributed by atoms with van der Waals surface area (Å²) >= 11 is 11.9. The third-order valence-electron chi connectivity index (χ3n) is 1.78. The maximum atomic E-state index is 6.02. The smallest absolute Gasteiger partial charge is 0.188 e. The second-order valence-corrected chi connectivity index (χ2v) is 3.75. The van der Waals surface area contributed by atoms with Crippen molar-refractivity contribution in [1.82, 2.24) is 0 Å². The van der Waals surface area contributed by atoms with E-state index in [-0.39, 0.29) is 6.79 Å². The molecule has 0 aromatic heterocycles. The number of benzene rings is 1. The Morgan fingerprint density at radius 3 is 2.60 bits per heavy atom. The third kappa shape index (κ3) is 2.98. The van der Waals surface area contributed by atoms with E-state index in [1.165, 1.54) is 7.11 Å². The van der Waals surface area contributed by atoms with Crippen molar-refractivity contribution in [3.63, 3.8) is 0 Å². The van der Waals surface area contributed by atoms with Gasteiger partial charge < -0.3 is 15.2 Å². The third-order valence-corrected chi connectivity index (χ3v) is 2.59. The van der Waals surface area contributed by atoms with Crippen LogP contribution in [0.25, 0.3) is 0 Å². The normalized spacial score (nSPS) is 10.8. The Hall–Kier alpha value is -0.480. The highest BCUT2D eigenvalue weighted by Crippen LogP contribution is 2.35. The van der Waals surface area contributed by atoms with Crippen molar-refractivity contribution in [2.45, 2.75) is 6.92 Å². The van der Waals surface area contributed by atoms with Gasteiger partial charge in [-0.05, 0) is 19.1 Å². The quantitative estimate of drug-likeness (QED) is 0.834. The molecule has 83 valence electrons. The SMILES string of the molecule is COCOc1ccc(Cl)c(Cl)c1[C](C)N. The molecule has 15 heavy (non-hydrogen) atoms. The Morgan fingerprint density at radius 1 is 1.40 bits per heavy atom. The summed E-state index contributed by atoms with van der Waals surface area (Å²) in [5.74, 6) is 0.561. The second kappa shape index (κ2) is 5.56. The molecule has 1 aromatic rings. The molecule has 0 saturated heterocycles. The average molecular weight is 249 g/mol. The Bertz CT molecular complexity index is 342. The minimum Gasteiger partial charge on any atom is -0.467 e. The van der Waals surface area contributed by atoms with Crippen molar-refractivity contribution in [3.8, 4) is 5.75 Å². The maximum absolute atomic E-state index is 6.02. The molecule has 0 aliphatic heterocycles. The van der Waals surface area contributed by atoms with Gasteiger partial charge in [-0.1, -0.05) is 23.2 Å². The van der Waals surface area contributed by atoms with E-state index in [1.54, 1.807) is 19.1 Å². The van der Waals surface area contributed by atoms with E-state index in [0.29, 0.717) is 27.4 Å². The van der Waals surface area contributed by atoms with Crippen LogP contribution in [0.15, 0.2) is 12.1 Å². The molecule has 1 aromatic carbocycles. The number of ether oxygens (including phenoxy) is 2. The molecule has 1 radical (unpaired) electrons. The summed E-state index contributed by atoms with van der Waals surface area (Å²) in [6.45, 7) is 1.87. The number of nitrogens with two attached hydrogens (primary N) is 1. The first-order valence-electron chi connectivity index (χ1n) is 4.27. The molecule has 0 atom stereocenters. The fourth-order valence-corrected chi connectivity index (χ4v) is 1.61. The van der Waals surface area contributed by atoms with Crippen LogP contribution < -0.4 is 10.5 Å². The van der Waals surface area contributed by atoms with Crippen LogP contribution in [-0.4, -0.2) is 13.9 Å². The Morgan fingerprint density at radius 2 is 2.07 bits per heavy atom. The molecule has 0 saturated carbocycles. The number of hydrogen-bond acceptors (Lipinski definition) is 3. The van der Waals surface area contributed by atoms with Crippen LogP contribution in [-0.2, 0) is 4.74 Å². The summed E-state index contributed by atoms with van der Waals surface area (Å²) in [7, 11) is 1.54. The zero-order chi connectivity index (χ0) is 11.4. The van der Waals surface area contributed by atoms with Crippen LogP contribution in [0.3, 0.4) is 0 Å². The lowest BCUT2D eigenvalue weighted by molar-refractivity contribution is 0.0506. The molecule has 0 unspecified atom stereocenters. The summed E-state index contributed by atoms with van der Waals surface area (Å²) in [6.07, 6.45) is 0. The Kier molecular flexibility index (Phi) is 4.67. The first kappa shape index (κ1) is 12.6. The highest BCUT2D eigenvalue weighted by Gasteiger charge is 2.15. The van der Waals surface area contributed by atoms with Crippen molar-refractivity contribution in [2.75, 3.05) is 13.9 Å².